The predicted octanol–water partition coefficient (Wildman–Crippen LogP) is 2.49. The van der Waals surface area contributed by atoms with Crippen LogP contribution >= 0.6 is 11.6 Å². The van der Waals surface area contributed by atoms with Crippen LogP contribution in [-0.2, 0) is 9.59 Å². The minimum atomic E-state index is -5.08. The van der Waals surface area contributed by atoms with Gasteiger partial charge in [-0.3, -0.25) is 4.79 Å². The molecule has 0 unspecified atom stereocenters. The van der Waals surface area contributed by atoms with Crippen molar-refractivity contribution >= 4 is 23.5 Å². The van der Waals surface area contributed by atoms with E-state index in [0.29, 0.717) is 0 Å². The number of benzene rings is 1. The molecule has 0 bridgehead atoms. The van der Waals surface area contributed by atoms with E-state index in [4.69, 9.17) is 32.0 Å². The number of carbonyl (C=O) groups excluding carboxylic acids is 1. The van der Waals surface area contributed by atoms with Crippen molar-refractivity contribution in [3.8, 4) is 5.75 Å². The van der Waals surface area contributed by atoms with E-state index in [0.717, 1.165) is 25.3 Å². The number of nitrogens with one attached hydrogen (secondary N) is 1. The summed E-state index contributed by atoms with van der Waals surface area (Å²) < 4.78 is 50.1. The van der Waals surface area contributed by atoms with Crippen molar-refractivity contribution < 1.29 is 37.0 Å². The molecule has 0 aromatic heterocycles. The molecule has 0 spiro atoms. The molecule has 6 nitrogen and oxygen atoms in total. The second-order valence-electron chi connectivity index (χ2n) is 5.51. The van der Waals surface area contributed by atoms with Crippen LogP contribution < -0.4 is 15.8 Å². The first kappa shape index (κ1) is 22.0. The fourth-order valence-corrected chi connectivity index (χ4v) is 2.25. The van der Waals surface area contributed by atoms with Gasteiger partial charge in [-0.05, 0) is 31.4 Å². The quantitative estimate of drug-likeness (QED) is 0.674. The fraction of sp³-hybridized carbons (Fsp3) is 0.467. The molecular formula is C15H17ClF4N2O4. The summed E-state index contributed by atoms with van der Waals surface area (Å²) in [5.41, 5.74) is 5.76. The van der Waals surface area contributed by atoms with Crippen molar-refractivity contribution in [1.29, 1.82) is 0 Å². The molecule has 2 rings (SSSR count). The molecule has 1 aliphatic carbocycles. The highest BCUT2D eigenvalue weighted by Gasteiger charge is 2.38. The first-order chi connectivity index (χ1) is 12.0. The van der Waals surface area contributed by atoms with E-state index in [2.05, 4.69) is 5.32 Å². The van der Waals surface area contributed by atoms with Crippen LogP contribution in [0.25, 0.3) is 0 Å². The van der Waals surface area contributed by atoms with Gasteiger partial charge in [0.25, 0.3) is 5.91 Å². The van der Waals surface area contributed by atoms with Crippen molar-refractivity contribution in [2.45, 2.75) is 37.5 Å². The van der Waals surface area contributed by atoms with Gasteiger partial charge in [0.1, 0.15) is 11.6 Å². The summed E-state index contributed by atoms with van der Waals surface area (Å²) in [4.78, 5) is 20.5. The summed E-state index contributed by atoms with van der Waals surface area (Å²) in [6, 6.07) is 4.34. The molecule has 1 amide bonds. The Morgan fingerprint density at radius 1 is 1.35 bits per heavy atom. The van der Waals surface area contributed by atoms with E-state index in [9.17, 15) is 22.4 Å². The van der Waals surface area contributed by atoms with Crippen LogP contribution in [0.3, 0.4) is 0 Å². The summed E-state index contributed by atoms with van der Waals surface area (Å²) in [5, 5.41) is 9.99. The van der Waals surface area contributed by atoms with Gasteiger partial charge >= 0.3 is 12.1 Å². The van der Waals surface area contributed by atoms with Crippen LogP contribution in [0, 0.1) is 5.82 Å². The second-order valence-corrected chi connectivity index (χ2v) is 5.91. The molecule has 0 radical (unpaired) electrons. The van der Waals surface area contributed by atoms with E-state index in [1.807, 2.05) is 0 Å². The van der Waals surface area contributed by atoms with Gasteiger partial charge in [-0.25, -0.2) is 9.18 Å². The molecule has 1 aromatic rings. The van der Waals surface area contributed by atoms with Crippen LogP contribution in [0.2, 0.25) is 5.02 Å². The number of halogens is 5. The minimum Gasteiger partial charge on any atom is -0.484 e. The predicted molar refractivity (Wildman–Crippen MR) is 84.4 cm³/mol. The SMILES string of the molecule is N[C@H]1CC[C@@H](NC(=O)COc2ccc(Cl)c(F)c2)C1.O=C(O)C(F)(F)F. The summed E-state index contributed by atoms with van der Waals surface area (Å²) in [6.45, 7) is -0.146. The smallest absolute Gasteiger partial charge is 0.484 e. The average Bonchev–Trinajstić information content (AvgIpc) is 2.93. The zero-order valence-electron chi connectivity index (χ0n) is 13.4. The number of amides is 1. The van der Waals surface area contributed by atoms with E-state index < -0.39 is 18.0 Å². The number of hydrogen-bond donors (Lipinski definition) is 3. The van der Waals surface area contributed by atoms with Gasteiger partial charge in [0.05, 0.1) is 5.02 Å². The molecule has 0 aliphatic heterocycles. The molecule has 0 heterocycles. The van der Waals surface area contributed by atoms with Crippen molar-refractivity contribution in [2.24, 2.45) is 5.73 Å². The Hall–Kier alpha value is -2.07. The molecular weight excluding hydrogens is 384 g/mol. The molecule has 26 heavy (non-hydrogen) atoms. The van der Waals surface area contributed by atoms with Crippen molar-refractivity contribution in [1.82, 2.24) is 5.32 Å². The molecule has 4 N–H and O–H groups in total. The molecule has 1 fully saturated rings. The van der Waals surface area contributed by atoms with E-state index in [1.54, 1.807) is 0 Å². The number of carboxylic acid groups (broad SMARTS) is 1. The lowest BCUT2D eigenvalue weighted by atomic mass is 10.2. The number of hydrogen-bond acceptors (Lipinski definition) is 4. The third kappa shape index (κ3) is 7.87. The highest BCUT2D eigenvalue weighted by Crippen LogP contribution is 2.20. The molecule has 11 heteroatoms. The molecule has 1 saturated carbocycles. The molecule has 146 valence electrons. The number of carboxylic acids is 1. The monoisotopic (exact) mass is 400 g/mol. The number of aliphatic carboxylic acids is 1. The van der Waals surface area contributed by atoms with Crippen LogP contribution in [-0.4, -0.2) is 41.8 Å². The van der Waals surface area contributed by atoms with Gasteiger partial charge < -0.3 is 20.9 Å². The van der Waals surface area contributed by atoms with Crippen LogP contribution in [0.5, 0.6) is 5.75 Å². The first-order valence-electron chi connectivity index (χ1n) is 7.42. The Morgan fingerprint density at radius 2 is 1.96 bits per heavy atom. The highest BCUT2D eigenvalue weighted by atomic mass is 35.5. The Morgan fingerprint density at radius 3 is 2.42 bits per heavy atom. The van der Waals surface area contributed by atoms with Gasteiger partial charge in [0, 0.05) is 18.2 Å². The fourth-order valence-electron chi connectivity index (χ4n) is 2.13. The maximum absolute atomic E-state index is 13.1. The topological polar surface area (TPSA) is 102 Å². The van der Waals surface area contributed by atoms with Crippen LogP contribution in [0.1, 0.15) is 19.3 Å². The normalized spacial score (nSPS) is 19.3. The van der Waals surface area contributed by atoms with Gasteiger partial charge in [0.2, 0.25) is 0 Å². The lowest BCUT2D eigenvalue weighted by Crippen LogP contribution is -2.37. The maximum atomic E-state index is 13.1. The van der Waals surface area contributed by atoms with E-state index >= 15 is 0 Å². The van der Waals surface area contributed by atoms with Crippen molar-refractivity contribution in [3.63, 3.8) is 0 Å². The number of ether oxygens (including phenoxy) is 1. The summed E-state index contributed by atoms with van der Waals surface area (Å²) >= 11 is 5.55. The molecule has 2 atom stereocenters. The molecule has 1 aromatic carbocycles. The van der Waals surface area contributed by atoms with Crippen molar-refractivity contribution in [2.75, 3.05) is 6.61 Å². The van der Waals surface area contributed by atoms with Crippen molar-refractivity contribution in [3.05, 3.63) is 29.0 Å². The Balaban J connectivity index is 0.000000412. The van der Waals surface area contributed by atoms with E-state index in [1.165, 1.54) is 12.1 Å². The second kappa shape index (κ2) is 9.58. The number of nitrogens with two attached hydrogens (primary N) is 1. The molecule has 1 aliphatic rings. The van der Waals surface area contributed by atoms with E-state index in [-0.39, 0.29) is 35.4 Å². The number of carbonyl (C=O) groups is 2. The summed E-state index contributed by atoms with van der Waals surface area (Å²) in [7, 11) is 0. The lowest BCUT2D eigenvalue weighted by molar-refractivity contribution is -0.192. The van der Waals surface area contributed by atoms with Gasteiger partial charge in [-0.15, -0.1) is 0 Å². The zero-order valence-corrected chi connectivity index (χ0v) is 14.1. The summed E-state index contributed by atoms with van der Waals surface area (Å²) in [6.07, 6.45) is -2.47. The lowest BCUT2D eigenvalue weighted by Gasteiger charge is -2.13. The number of rotatable bonds is 4. The van der Waals surface area contributed by atoms with Gasteiger partial charge in [-0.1, -0.05) is 11.6 Å². The van der Waals surface area contributed by atoms with Crippen LogP contribution in [0.15, 0.2) is 18.2 Å². The number of alkyl halides is 3. The van der Waals surface area contributed by atoms with Gasteiger partial charge in [0.15, 0.2) is 6.61 Å². The standard InChI is InChI=1S/C13H16ClFN2O2.C2HF3O2/c14-11-4-3-10(6-12(11)15)19-7-13(18)17-9-2-1-8(16)5-9;3-2(4,5)1(6)7/h3-4,6,8-9H,1-2,5,7,16H2,(H,17,18);(H,6,7)/t8-,9+;/m0./s1. The van der Waals surface area contributed by atoms with Gasteiger partial charge in [-0.2, -0.15) is 13.2 Å². The third-order valence-corrected chi connectivity index (χ3v) is 3.65. The Labute approximate surface area is 151 Å². The Bertz CT molecular complexity index is 643. The Kier molecular flexibility index (Phi) is 8.09. The molecule has 0 saturated heterocycles. The highest BCUT2D eigenvalue weighted by molar-refractivity contribution is 6.30. The van der Waals surface area contributed by atoms with Crippen LogP contribution in [0.4, 0.5) is 17.6 Å². The third-order valence-electron chi connectivity index (χ3n) is 3.34. The first-order valence-corrected chi connectivity index (χ1v) is 7.79. The minimum absolute atomic E-state index is 0.0248. The zero-order chi connectivity index (χ0) is 19.9. The summed E-state index contributed by atoms with van der Waals surface area (Å²) in [5.74, 6) is -3.27. The largest absolute Gasteiger partial charge is 0.490 e. The maximum Gasteiger partial charge on any atom is 0.490 e. The average molecular weight is 401 g/mol.